The lowest BCUT2D eigenvalue weighted by molar-refractivity contribution is -0.139. The van der Waals surface area contributed by atoms with Crippen LogP contribution in [0, 0.1) is 7.14 Å². The van der Waals surface area contributed by atoms with Gasteiger partial charge in [0.1, 0.15) is 0 Å². The summed E-state index contributed by atoms with van der Waals surface area (Å²) < 4.78 is 79.3. The van der Waals surface area contributed by atoms with Crippen LogP contribution in [-0.2, 0) is 12.4 Å². The van der Waals surface area contributed by atoms with Crippen LogP contribution in [0.1, 0.15) is 11.1 Å². The van der Waals surface area contributed by atoms with Crippen molar-refractivity contribution >= 4 is 76.7 Å². The Kier molecular flexibility index (Phi) is 4.28. The van der Waals surface area contributed by atoms with Crippen LogP contribution in [0.15, 0.2) is 24.3 Å². The molecule has 2 aromatic carbocycles. The predicted molar refractivity (Wildman–Crippen MR) is 94.8 cm³/mol. The van der Waals surface area contributed by atoms with Crippen LogP contribution in [0.2, 0.25) is 0 Å². The van der Waals surface area contributed by atoms with Crippen LogP contribution in [0.5, 0.6) is 0 Å². The summed E-state index contributed by atoms with van der Waals surface area (Å²) in [5.74, 6) is 0. The van der Waals surface area contributed by atoms with E-state index in [4.69, 9.17) is 0 Å². The fraction of sp³-hybridized carbons (Fsp3) is 0.143. The molecule has 122 valence electrons. The maximum absolute atomic E-state index is 13.0. The molecule has 0 aliphatic heterocycles. The van der Waals surface area contributed by atoms with E-state index < -0.39 is 23.5 Å². The molecule has 1 heterocycles. The third kappa shape index (κ3) is 3.15. The Morgan fingerprint density at radius 3 is 1.30 bits per heavy atom. The average molecular weight is 572 g/mol. The minimum atomic E-state index is -4.55. The zero-order valence-electron chi connectivity index (χ0n) is 10.7. The van der Waals surface area contributed by atoms with Gasteiger partial charge in [0.05, 0.1) is 11.1 Å². The van der Waals surface area contributed by atoms with Gasteiger partial charge in [-0.25, -0.2) is 0 Å². The van der Waals surface area contributed by atoms with Crippen molar-refractivity contribution < 1.29 is 26.3 Å². The van der Waals surface area contributed by atoms with Crippen LogP contribution in [0.25, 0.3) is 20.2 Å². The van der Waals surface area contributed by atoms with Crippen molar-refractivity contribution in [3.8, 4) is 0 Å². The number of benzene rings is 2. The van der Waals surface area contributed by atoms with Gasteiger partial charge in [-0.3, -0.25) is 0 Å². The van der Waals surface area contributed by atoms with E-state index in [9.17, 15) is 26.3 Å². The van der Waals surface area contributed by atoms with Gasteiger partial charge in [-0.1, -0.05) is 0 Å². The summed E-state index contributed by atoms with van der Waals surface area (Å²) in [6.45, 7) is 0. The summed E-state index contributed by atoms with van der Waals surface area (Å²) >= 11 is 4.36. The highest BCUT2D eigenvalue weighted by molar-refractivity contribution is 14.1. The lowest BCUT2D eigenvalue weighted by Gasteiger charge is -2.10. The van der Waals surface area contributed by atoms with Crippen LogP contribution >= 0.6 is 56.5 Å². The van der Waals surface area contributed by atoms with E-state index in [1.54, 1.807) is 45.2 Å². The van der Waals surface area contributed by atoms with Crippen molar-refractivity contribution in [3.05, 3.63) is 42.5 Å². The lowest BCUT2D eigenvalue weighted by atomic mass is 10.1. The van der Waals surface area contributed by atoms with Crippen LogP contribution in [0.4, 0.5) is 26.3 Å². The molecule has 0 N–H and O–H groups in total. The largest absolute Gasteiger partial charge is 0.417 e. The molecule has 9 heteroatoms. The first-order valence-electron chi connectivity index (χ1n) is 5.98. The Balaban J connectivity index is 2.40. The topological polar surface area (TPSA) is 0 Å². The van der Waals surface area contributed by atoms with E-state index in [-0.39, 0.29) is 17.9 Å². The first kappa shape index (κ1) is 17.5. The molecule has 0 saturated heterocycles. The van der Waals surface area contributed by atoms with Crippen LogP contribution in [0.3, 0.4) is 0 Å². The summed E-state index contributed by atoms with van der Waals surface area (Å²) in [6, 6.07) is 4.60. The van der Waals surface area contributed by atoms with Crippen molar-refractivity contribution in [2.75, 3.05) is 0 Å². The van der Waals surface area contributed by atoms with Crippen molar-refractivity contribution in [1.29, 1.82) is 0 Å². The van der Waals surface area contributed by atoms with E-state index in [0.29, 0.717) is 9.40 Å². The fourth-order valence-electron chi connectivity index (χ4n) is 2.25. The molecule has 0 atom stereocenters. The van der Waals surface area contributed by atoms with Gasteiger partial charge in [0.2, 0.25) is 0 Å². The molecule has 0 fully saturated rings. The Morgan fingerprint density at radius 2 is 1.00 bits per heavy atom. The number of hydrogen-bond acceptors (Lipinski definition) is 1. The highest BCUT2D eigenvalue weighted by Gasteiger charge is 2.35. The van der Waals surface area contributed by atoms with E-state index in [0.717, 1.165) is 12.1 Å². The van der Waals surface area contributed by atoms with Crippen molar-refractivity contribution in [3.63, 3.8) is 0 Å². The molecule has 0 nitrogen and oxygen atoms in total. The van der Waals surface area contributed by atoms with Gasteiger partial charge in [-0.05, 0) is 69.4 Å². The molecule has 0 bridgehead atoms. The van der Waals surface area contributed by atoms with E-state index >= 15 is 0 Å². The third-order valence-electron chi connectivity index (χ3n) is 3.26. The number of hydrogen-bond donors (Lipinski definition) is 0. The fourth-order valence-corrected chi connectivity index (χ4v) is 5.37. The number of fused-ring (bicyclic) bond motifs is 3. The summed E-state index contributed by atoms with van der Waals surface area (Å²) in [7, 11) is 0. The highest BCUT2D eigenvalue weighted by Crippen LogP contribution is 2.43. The number of alkyl halides is 6. The minimum Gasteiger partial charge on any atom is -0.166 e. The zero-order chi connectivity index (χ0) is 17.2. The summed E-state index contributed by atoms with van der Waals surface area (Å²) in [5, 5.41) is 0.388. The Hall–Kier alpha value is -0.300. The van der Waals surface area contributed by atoms with Crippen LogP contribution in [-0.4, -0.2) is 0 Å². The maximum atomic E-state index is 13.0. The van der Waals surface area contributed by atoms with Crippen molar-refractivity contribution in [1.82, 2.24) is 0 Å². The third-order valence-corrected chi connectivity index (χ3v) is 6.16. The summed E-state index contributed by atoms with van der Waals surface area (Å²) in [6.07, 6.45) is -9.09. The van der Waals surface area contributed by atoms with Gasteiger partial charge >= 0.3 is 12.4 Å². The normalized spacial score (nSPS) is 13.2. The second-order valence-corrected chi connectivity index (χ2v) is 8.16. The number of rotatable bonds is 0. The molecule has 3 rings (SSSR count). The number of thiophene rings is 1. The zero-order valence-corrected chi connectivity index (χ0v) is 15.9. The molecule has 23 heavy (non-hydrogen) atoms. The van der Waals surface area contributed by atoms with Gasteiger partial charge in [0, 0.05) is 27.3 Å². The average Bonchev–Trinajstić information content (AvgIpc) is 2.70. The summed E-state index contributed by atoms with van der Waals surface area (Å²) in [4.78, 5) is 0. The molecule has 0 saturated carbocycles. The predicted octanol–water partition coefficient (Wildman–Crippen LogP) is 7.30. The molecule has 0 unspecified atom stereocenters. The van der Waals surface area contributed by atoms with Crippen LogP contribution < -0.4 is 0 Å². The monoisotopic (exact) mass is 572 g/mol. The molecule has 0 aliphatic carbocycles. The standard InChI is InChI=1S/C14H4F6I2S/c15-13(16,17)7-1-5-6-2-8(14(18,19)20)10(22)4-12(6)23-11(5)3-9(7)21/h1-4H. The quantitative estimate of drug-likeness (QED) is 0.196. The van der Waals surface area contributed by atoms with Gasteiger partial charge in [0.15, 0.2) is 0 Å². The van der Waals surface area contributed by atoms with Gasteiger partial charge < -0.3 is 0 Å². The molecule has 0 amide bonds. The second-order valence-electron chi connectivity index (χ2n) is 4.75. The minimum absolute atomic E-state index is 0.0277. The molecule has 0 radical (unpaired) electrons. The van der Waals surface area contributed by atoms with Gasteiger partial charge in [-0.2, -0.15) is 26.3 Å². The molecule has 1 aromatic heterocycles. The van der Waals surface area contributed by atoms with Crippen molar-refractivity contribution in [2.24, 2.45) is 0 Å². The molecule has 0 spiro atoms. The number of halogens is 8. The van der Waals surface area contributed by atoms with Crippen molar-refractivity contribution in [2.45, 2.75) is 12.4 Å². The first-order chi connectivity index (χ1) is 10.5. The van der Waals surface area contributed by atoms with E-state index in [1.165, 1.54) is 23.5 Å². The smallest absolute Gasteiger partial charge is 0.166 e. The highest BCUT2D eigenvalue weighted by atomic mass is 127. The van der Waals surface area contributed by atoms with E-state index in [1.807, 2.05) is 0 Å². The summed E-state index contributed by atoms with van der Waals surface area (Å²) in [5.41, 5.74) is -1.67. The first-order valence-corrected chi connectivity index (χ1v) is 8.95. The molecule has 0 aliphatic rings. The van der Waals surface area contributed by atoms with Gasteiger partial charge in [0.25, 0.3) is 0 Å². The van der Waals surface area contributed by atoms with Gasteiger partial charge in [-0.15, -0.1) is 11.3 Å². The maximum Gasteiger partial charge on any atom is 0.417 e. The lowest BCUT2D eigenvalue weighted by Crippen LogP contribution is -2.07. The Labute approximate surface area is 157 Å². The SMILES string of the molecule is FC(F)(F)c1cc2c(cc1I)sc1cc(I)c(C(F)(F)F)cc12. The second kappa shape index (κ2) is 5.61. The van der Waals surface area contributed by atoms with E-state index in [2.05, 4.69) is 0 Å². The Morgan fingerprint density at radius 1 is 0.652 bits per heavy atom. The molecular weight excluding hydrogens is 568 g/mol. The molecule has 3 aromatic rings. The molecular formula is C14H4F6I2S. The Bertz CT molecular complexity index is 849.